The monoisotopic (exact) mass is 473 g/mol. The summed E-state index contributed by atoms with van der Waals surface area (Å²) in [4.78, 5) is 27.7. The molecular weight excluding hydrogens is 438 g/mol. The molecule has 7 nitrogen and oxygen atoms in total. The maximum Gasteiger partial charge on any atom is 0.244 e. The van der Waals surface area contributed by atoms with Gasteiger partial charge in [0, 0.05) is 13.1 Å². The molecule has 180 valence electrons. The van der Waals surface area contributed by atoms with Gasteiger partial charge in [0.05, 0.1) is 11.9 Å². The van der Waals surface area contributed by atoms with E-state index >= 15 is 0 Å². The summed E-state index contributed by atoms with van der Waals surface area (Å²) in [6.45, 7) is 7.90. The van der Waals surface area contributed by atoms with Crippen LogP contribution in [0.3, 0.4) is 0 Å². The number of benzene rings is 2. The van der Waals surface area contributed by atoms with Crippen LogP contribution in [-0.2, 0) is 32.6 Å². The van der Waals surface area contributed by atoms with Gasteiger partial charge < -0.3 is 10.2 Å². The summed E-state index contributed by atoms with van der Waals surface area (Å²) >= 11 is 0. The molecule has 0 aromatic heterocycles. The Hall–Kier alpha value is -2.87. The zero-order chi connectivity index (χ0) is 24.6. The van der Waals surface area contributed by atoms with Crippen molar-refractivity contribution in [3.63, 3.8) is 0 Å². The van der Waals surface area contributed by atoms with E-state index in [1.165, 1.54) is 4.90 Å². The lowest BCUT2D eigenvalue weighted by atomic mass is 10.1. The van der Waals surface area contributed by atoms with E-state index in [0.717, 1.165) is 21.7 Å². The molecule has 0 spiro atoms. The Balaban J connectivity index is 2.37. The SMILES string of the molecule is CCc1ccccc1N(CC(=O)N(Cc1ccccc1)[C@H](C)C(=O)NCC(C)C)S(C)(=O)=O. The molecule has 2 amide bonds. The minimum atomic E-state index is -3.73. The van der Waals surface area contributed by atoms with Gasteiger partial charge in [0.25, 0.3) is 0 Å². The fourth-order valence-corrected chi connectivity index (χ4v) is 4.34. The van der Waals surface area contributed by atoms with Gasteiger partial charge in [-0.05, 0) is 36.5 Å². The topological polar surface area (TPSA) is 86.8 Å². The van der Waals surface area contributed by atoms with Crippen molar-refractivity contribution in [2.24, 2.45) is 5.92 Å². The Kier molecular flexibility index (Phi) is 9.46. The maximum atomic E-state index is 13.5. The van der Waals surface area contributed by atoms with E-state index in [1.54, 1.807) is 19.1 Å². The lowest BCUT2D eigenvalue weighted by Gasteiger charge is -2.32. The highest BCUT2D eigenvalue weighted by Gasteiger charge is 2.30. The van der Waals surface area contributed by atoms with Crippen LogP contribution in [0.4, 0.5) is 5.69 Å². The van der Waals surface area contributed by atoms with Crippen molar-refractivity contribution in [2.45, 2.75) is 46.7 Å². The normalized spacial score (nSPS) is 12.3. The second-order valence-corrected chi connectivity index (χ2v) is 10.5. The van der Waals surface area contributed by atoms with Crippen molar-refractivity contribution < 1.29 is 18.0 Å². The fraction of sp³-hybridized carbons (Fsp3) is 0.440. The minimum absolute atomic E-state index is 0.197. The number of carbonyl (C=O) groups excluding carboxylic acids is 2. The maximum absolute atomic E-state index is 13.5. The molecule has 0 aliphatic carbocycles. The first-order chi connectivity index (χ1) is 15.5. The summed E-state index contributed by atoms with van der Waals surface area (Å²) in [7, 11) is -3.73. The minimum Gasteiger partial charge on any atom is -0.354 e. The number of rotatable bonds is 11. The number of hydrogen-bond acceptors (Lipinski definition) is 4. The molecule has 1 N–H and O–H groups in total. The van der Waals surface area contributed by atoms with Crippen molar-refractivity contribution in [2.75, 3.05) is 23.7 Å². The van der Waals surface area contributed by atoms with Gasteiger partial charge >= 0.3 is 0 Å². The third-order valence-corrected chi connectivity index (χ3v) is 6.49. The standard InChI is InChI=1S/C25H35N3O4S/c1-6-22-14-10-11-15-23(22)28(33(5,31)32)18-24(29)27(17-21-12-8-7-9-13-21)20(4)25(30)26-16-19(2)3/h7-15,19-20H,6,16-18H2,1-5H3,(H,26,30)/t20-/m1/s1. The van der Waals surface area contributed by atoms with Crippen LogP contribution in [0.25, 0.3) is 0 Å². The summed E-state index contributed by atoms with van der Waals surface area (Å²) in [5, 5.41) is 2.87. The van der Waals surface area contributed by atoms with Crippen molar-refractivity contribution in [1.82, 2.24) is 10.2 Å². The summed E-state index contributed by atoms with van der Waals surface area (Å²) in [5.74, 6) is -0.444. The van der Waals surface area contributed by atoms with E-state index in [-0.39, 0.29) is 24.9 Å². The Labute approximate surface area is 197 Å². The molecule has 0 saturated carbocycles. The Bertz CT molecular complexity index is 1040. The quantitative estimate of drug-likeness (QED) is 0.543. The van der Waals surface area contributed by atoms with Crippen LogP contribution in [0.2, 0.25) is 0 Å². The smallest absolute Gasteiger partial charge is 0.244 e. The van der Waals surface area contributed by atoms with Crippen LogP contribution in [0.5, 0.6) is 0 Å². The van der Waals surface area contributed by atoms with E-state index in [1.807, 2.05) is 63.2 Å². The molecule has 0 aliphatic rings. The van der Waals surface area contributed by atoms with E-state index in [4.69, 9.17) is 0 Å². The highest BCUT2D eigenvalue weighted by atomic mass is 32.2. The van der Waals surface area contributed by atoms with Gasteiger partial charge in [-0.15, -0.1) is 0 Å². The van der Waals surface area contributed by atoms with E-state index in [0.29, 0.717) is 18.7 Å². The van der Waals surface area contributed by atoms with Crippen LogP contribution < -0.4 is 9.62 Å². The summed E-state index contributed by atoms with van der Waals surface area (Å²) in [6, 6.07) is 15.7. The third-order valence-electron chi connectivity index (χ3n) is 5.37. The highest BCUT2D eigenvalue weighted by Crippen LogP contribution is 2.24. The van der Waals surface area contributed by atoms with Gasteiger partial charge in [-0.3, -0.25) is 13.9 Å². The molecule has 8 heteroatoms. The summed E-state index contributed by atoms with van der Waals surface area (Å²) < 4.78 is 26.5. The lowest BCUT2D eigenvalue weighted by Crippen LogP contribution is -2.51. The van der Waals surface area contributed by atoms with Gasteiger partial charge in [0.1, 0.15) is 12.6 Å². The van der Waals surface area contributed by atoms with Crippen LogP contribution in [-0.4, -0.2) is 50.5 Å². The molecule has 2 aromatic carbocycles. The molecule has 0 saturated heterocycles. The number of anilines is 1. The first-order valence-electron chi connectivity index (χ1n) is 11.2. The zero-order valence-electron chi connectivity index (χ0n) is 20.1. The van der Waals surface area contributed by atoms with Gasteiger partial charge in [0.2, 0.25) is 21.8 Å². The van der Waals surface area contributed by atoms with Crippen LogP contribution in [0.15, 0.2) is 54.6 Å². The predicted octanol–water partition coefficient (Wildman–Crippen LogP) is 3.20. The Morgan fingerprint density at radius 2 is 1.58 bits per heavy atom. The van der Waals surface area contributed by atoms with E-state index in [2.05, 4.69) is 5.32 Å². The van der Waals surface area contributed by atoms with Crippen LogP contribution in [0, 0.1) is 5.92 Å². The number of amides is 2. The van der Waals surface area contributed by atoms with Gasteiger partial charge in [-0.2, -0.15) is 0 Å². The number of sulfonamides is 1. The number of nitrogens with one attached hydrogen (secondary N) is 1. The highest BCUT2D eigenvalue weighted by molar-refractivity contribution is 7.92. The first kappa shape index (κ1) is 26.4. The van der Waals surface area contributed by atoms with Gasteiger partial charge in [-0.1, -0.05) is 69.3 Å². The van der Waals surface area contributed by atoms with Crippen LogP contribution in [0.1, 0.15) is 38.8 Å². The Morgan fingerprint density at radius 1 is 0.970 bits per heavy atom. The number of nitrogens with zero attached hydrogens (tertiary/aromatic N) is 2. The molecular formula is C25H35N3O4S. The fourth-order valence-electron chi connectivity index (χ4n) is 3.46. The number of hydrogen-bond donors (Lipinski definition) is 1. The number of aryl methyl sites for hydroxylation is 1. The Morgan fingerprint density at radius 3 is 2.15 bits per heavy atom. The van der Waals surface area contributed by atoms with Crippen molar-refractivity contribution in [1.29, 1.82) is 0 Å². The average Bonchev–Trinajstić information content (AvgIpc) is 2.78. The molecule has 2 aromatic rings. The summed E-state index contributed by atoms with van der Waals surface area (Å²) in [6.07, 6.45) is 1.71. The predicted molar refractivity (Wildman–Crippen MR) is 132 cm³/mol. The molecule has 0 aliphatic heterocycles. The molecule has 0 unspecified atom stereocenters. The van der Waals surface area contributed by atoms with Gasteiger partial charge in [0.15, 0.2) is 0 Å². The van der Waals surface area contributed by atoms with E-state index < -0.39 is 22.0 Å². The molecule has 0 bridgehead atoms. The average molecular weight is 474 g/mol. The molecule has 1 atom stereocenters. The second kappa shape index (κ2) is 11.8. The van der Waals surface area contributed by atoms with Crippen molar-refractivity contribution >= 4 is 27.5 Å². The van der Waals surface area contributed by atoms with Crippen LogP contribution >= 0.6 is 0 Å². The van der Waals surface area contributed by atoms with Gasteiger partial charge in [-0.25, -0.2) is 8.42 Å². The summed E-state index contributed by atoms with van der Waals surface area (Å²) in [5.41, 5.74) is 2.16. The molecule has 33 heavy (non-hydrogen) atoms. The van der Waals surface area contributed by atoms with Crippen molar-refractivity contribution in [3.05, 3.63) is 65.7 Å². The number of para-hydroxylation sites is 1. The van der Waals surface area contributed by atoms with Crippen molar-refractivity contribution in [3.8, 4) is 0 Å². The second-order valence-electron chi connectivity index (χ2n) is 8.57. The third kappa shape index (κ3) is 7.60. The molecule has 0 radical (unpaired) electrons. The van der Waals surface area contributed by atoms with E-state index in [9.17, 15) is 18.0 Å². The lowest BCUT2D eigenvalue weighted by molar-refractivity contribution is -0.139. The first-order valence-corrected chi connectivity index (χ1v) is 13.1. The largest absolute Gasteiger partial charge is 0.354 e. The molecule has 0 fully saturated rings. The zero-order valence-corrected chi connectivity index (χ0v) is 20.9. The number of carbonyl (C=O) groups is 2. The molecule has 0 heterocycles. The molecule has 2 rings (SSSR count).